The lowest BCUT2D eigenvalue weighted by Gasteiger charge is -2.04. The van der Waals surface area contributed by atoms with Crippen LogP contribution in [-0.2, 0) is 6.42 Å². The van der Waals surface area contributed by atoms with Gasteiger partial charge in [-0.1, -0.05) is 35.9 Å². The van der Waals surface area contributed by atoms with Gasteiger partial charge in [0.15, 0.2) is 5.13 Å². The average Bonchev–Trinajstić information content (AvgIpc) is 3.34. The lowest BCUT2D eigenvalue weighted by Crippen LogP contribution is -2.12. The topological polar surface area (TPSA) is 85.6 Å². The third kappa shape index (κ3) is 3.92. The van der Waals surface area contributed by atoms with E-state index >= 15 is 0 Å². The second-order valence-corrected chi connectivity index (χ2v) is 7.55. The summed E-state index contributed by atoms with van der Waals surface area (Å²) in [7, 11) is 0. The van der Waals surface area contributed by atoms with Crippen LogP contribution in [0, 0.1) is 6.92 Å². The quantitative estimate of drug-likeness (QED) is 0.538. The van der Waals surface area contributed by atoms with Crippen molar-refractivity contribution in [1.29, 1.82) is 0 Å². The number of aryl methyl sites for hydroxylation is 1. The minimum Gasteiger partial charge on any atom is -0.298 e. The van der Waals surface area contributed by atoms with E-state index < -0.39 is 0 Å². The van der Waals surface area contributed by atoms with E-state index in [1.54, 1.807) is 18.2 Å². The molecule has 1 amide bonds. The summed E-state index contributed by atoms with van der Waals surface area (Å²) in [6, 6.07) is 14.8. The standard InChI is InChI=1S/C19H15ClN6OS/c1-12-17(10-13-5-2-3-8-16(13)20)28-19(22-12)23-18(27)14-6-4-7-15(9-14)26-11-21-24-25-26/h2-9,11H,10H2,1H3,(H,22,23,27). The summed E-state index contributed by atoms with van der Waals surface area (Å²) < 4.78 is 1.49. The fraction of sp³-hybridized carbons (Fsp3) is 0.105. The van der Waals surface area contributed by atoms with Crippen LogP contribution < -0.4 is 5.32 Å². The SMILES string of the molecule is Cc1nc(NC(=O)c2cccc(-n3cnnn3)c2)sc1Cc1ccccc1Cl. The highest BCUT2D eigenvalue weighted by Crippen LogP contribution is 2.28. The van der Waals surface area contributed by atoms with E-state index in [0.29, 0.717) is 22.8 Å². The highest BCUT2D eigenvalue weighted by molar-refractivity contribution is 7.15. The molecule has 2 heterocycles. The average molecular weight is 411 g/mol. The molecule has 28 heavy (non-hydrogen) atoms. The number of amides is 1. The molecular weight excluding hydrogens is 396 g/mol. The van der Waals surface area contributed by atoms with E-state index in [9.17, 15) is 4.79 Å². The number of carbonyl (C=O) groups excluding carboxylic acids is 1. The third-order valence-corrected chi connectivity index (χ3v) is 5.59. The van der Waals surface area contributed by atoms with Crippen molar-refractivity contribution in [3.05, 3.63) is 81.6 Å². The minimum atomic E-state index is -0.243. The Morgan fingerprint density at radius 1 is 1.21 bits per heavy atom. The van der Waals surface area contributed by atoms with E-state index in [-0.39, 0.29) is 5.91 Å². The monoisotopic (exact) mass is 410 g/mol. The van der Waals surface area contributed by atoms with Gasteiger partial charge in [0.25, 0.3) is 5.91 Å². The van der Waals surface area contributed by atoms with Crippen molar-refractivity contribution < 1.29 is 4.79 Å². The first-order chi connectivity index (χ1) is 13.6. The molecule has 0 aliphatic rings. The number of thiazole rings is 1. The maximum atomic E-state index is 12.6. The molecule has 0 radical (unpaired) electrons. The van der Waals surface area contributed by atoms with Gasteiger partial charge in [-0.25, -0.2) is 9.67 Å². The van der Waals surface area contributed by atoms with Crippen LogP contribution in [0.3, 0.4) is 0 Å². The van der Waals surface area contributed by atoms with Gasteiger partial charge >= 0.3 is 0 Å². The van der Waals surface area contributed by atoms with Crippen LogP contribution in [0.15, 0.2) is 54.9 Å². The smallest absolute Gasteiger partial charge is 0.257 e. The van der Waals surface area contributed by atoms with Crippen LogP contribution in [0.25, 0.3) is 5.69 Å². The highest BCUT2D eigenvalue weighted by Gasteiger charge is 2.14. The number of aromatic nitrogens is 5. The molecule has 0 saturated carbocycles. The van der Waals surface area contributed by atoms with Gasteiger partial charge in [0.2, 0.25) is 0 Å². The summed E-state index contributed by atoms with van der Waals surface area (Å²) in [5.41, 5.74) is 3.10. The maximum Gasteiger partial charge on any atom is 0.257 e. The van der Waals surface area contributed by atoms with E-state index in [0.717, 1.165) is 21.2 Å². The minimum absolute atomic E-state index is 0.243. The third-order valence-electron chi connectivity index (χ3n) is 4.14. The molecule has 0 unspecified atom stereocenters. The molecule has 0 aliphatic carbocycles. The highest BCUT2D eigenvalue weighted by atomic mass is 35.5. The summed E-state index contributed by atoms with van der Waals surface area (Å²) in [6.45, 7) is 1.93. The number of rotatable bonds is 5. The summed E-state index contributed by atoms with van der Waals surface area (Å²) in [5, 5.41) is 15.2. The van der Waals surface area contributed by atoms with Gasteiger partial charge in [0.05, 0.1) is 11.4 Å². The van der Waals surface area contributed by atoms with Crippen LogP contribution >= 0.6 is 22.9 Å². The molecule has 1 N–H and O–H groups in total. The predicted molar refractivity (Wildman–Crippen MR) is 108 cm³/mol. The molecular formula is C19H15ClN6OS. The van der Waals surface area contributed by atoms with Crippen LogP contribution in [-0.4, -0.2) is 31.1 Å². The summed E-state index contributed by atoms with van der Waals surface area (Å²) >= 11 is 7.70. The van der Waals surface area contributed by atoms with Crippen LogP contribution in [0.5, 0.6) is 0 Å². The molecule has 0 fully saturated rings. The Morgan fingerprint density at radius 2 is 2.07 bits per heavy atom. The largest absolute Gasteiger partial charge is 0.298 e. The Morgan fingerprint density at radius 3 is 2.86 bits per heavy atom. The molecule has 7 nitrogen and oxygen atoms in total. The normalized spacial score (nSPS) is 10.8. The molecule has 0 saturated heterocycles. The van der Waals surface area contributed by atoms with Crippen molar-refractivity contribution in [2.45, 2.75) is 13.3 Å². The number of nitrogens with zero attached hydrogens (tertiary/aromatic N) is 5. The van der Waals surface area contributed by atoms with Crippen molar-refractivity contribution in [1.82, 2.24) is 25.2 Å². The molecule has 0 bridgehead atoms. The molecule has 0 spiro atoms. The maximum absolute atomic E-state index is 12.6. The van der Waals surface area contributed by atoms with Gasteiger partial charge in [-0.2, -0.15) is 0 Å². The van der Waals surface area contributed by atoms with Gasteiger partial charge in [0, 0.05) is 21.9 Å². The van der Waals surface area contributed by atoms with E-state index in [1.807, 2.05) is 37.3 Å². The first-order valence-electron chi connectivity index (χ1n) is 8.44. The first kappa shape index (κ1) is 18.3. The van der Waals surface area contributed by atoms with Crippen LogP contribution in [0.4, 0.5) is 5.13 Å². The number of nitrogens with one attached hydrogen (secondary N) is 1. The predicted octanol–water partition coefficient (Wildman–Crippen LogP) is 3.92. The Kier molecular flexibility index (Phi) is 5.14. The Labute approximate surface area is 170 Å². The summed E-state index contributed by atoms with van der Waals surface area (Å²) in [6.07, 6.45) is 2.15. The number of hydrogen-bond donors (Lipinski definition) is 1. The van der Waals surface area contributed by atoms with Crippen molar-refractivity contribution in [3.63, 3.8) is 0 Å². The molecule has 0 aliphatic heterocycles. The zero-order valence-electron chi connectivity index (χ0n) is 14.8. The van der Waals surface area contributed by atoms with E-state index in [1.165, 1.54) is 22.3 Å². The Balaban J connectivity index is 1.51. The fourth-order valence-corrected chi connectivity index (χ4v) is 3.88. The van der Waals surface area contributed by atoms with Gasteiger partial charge < -0.3 is 0 Å². The van der Waals surface area contributed by atoms with Crippen LogP contribution in [0.1, 0.15) is 26.5 Å². The Hall–Kier alpha value is -3.10. The van der Waals surface area contributed by atoms with E-state index in [2.05, 4.69) is 25.8 Å². The van der Waals surface area contributed by atoms with E-state index in [4.69, 9.17) is 11.6 Å². The molecule has 4 rings (SSSR count). The van der Waals surface area contributed by atoms with Crippen molar-refractivity contribution in [3.8, 4) is 5.69 Å². The second-order valence-electron chi connectivity index (χ2n) is 6.05. The van der Waals surface area contributed by atoms with Gasteiger partial charge in [-0.05, 0) is 47.2 Å². The summed E-state index contributed by atoms with van der Waals surface area (Å²) in [5.74, 6) is -0.243. The lowest BCUT2D eigenvalue weighted by atomic mass is 10.1. The van der Waals surface area contributed by atoms with Gasteiger partial charge in [-0.15, -0.1) is 16.4 Å². The number of carbonyl (C=O) groups is 1. The number of benzene rings is 2. The number of halogens is 1. The second kappa shape index (κ2) is 7.87. The lowest BCUT2D eigenvalue weighted by molar-refractivity contribution is 0.102. The van der Waals surface area contributed by atoms with Crippen molar-refractivity contribution in [2.75, 3.05) is 5.32 Å². The summed E-state index contributed by atoms with van der Waals surface area (Å²) in [4.78, 5) is 18.2. The molecule has 9 heteroatoms. The number of hydrogen-bond acceptors (Lipinski definition) is 6. The molecule has 2 aromatic carbocycles. The number of anilines is 1. The van der Waals surface area contributed by atoms with Crippen LogP contribution in [0.2, 0.25) is 5.02 Å². The molecule has 140 valence electrons. The zero-order chi connectivity index (χ0) is 19.5. The van der Waals surface area contributed by atoms with Crippen molar-refractivity contribution >= 4 is 34.0 Å². The fourth-order valence-electron chi connectivity index (χ4n) is 2.70. The first-order valence-corrected chi connectivity index (χ1v) is 9.64. The van der Waals surface area contributed by atoms with Gasteiger partial charge in [0.1, 0.15) is 6.33 Å². The van der Waals surface area contributed by atoms with Gasteiger partial charge in [-0.3, -0.25) is 10.1 Å². The molecule has 4 aromatic rings. The van der Waals surface area contributed by atoms with Crippen molar-refractivity contribution in [2.24, 2.45) is 0 Å². The number of tetrazole rings is 1. The zero-order valence-corrected chi connectivity index (χ0v) is 16.4. The molecule has 2 aromatic heterocycles. The Bertz CT molecular complexity index is 1130. The molecule has 0 atom stereocenters.